The number of hydrogen-bond acceptors (Lipinski definition) is 7. The number of hydrogen-bond donors (Lipinski definition) is 3. The first-order valence-corrected chi connectivity index (χ1v) is 16.3. The van der Waals surface area contributed by atoms with Crippen molar-refractivity contribution in [2.24, 2.45) is 5.84 Å². The van der Waals surface area contributed by atoms with Crippen LogP contribution in [0, 0.1) is 6.92 Å². The maximum atomic E-state index is 11.1. The number of nitrogens with two attached hydrogens (primary N) is 1. The zero-order valence-electron chi connectivity index (χ0n) is 28.7. The van der Waals surface area contributed by atoms with Gasteiger partial charge in [-0.25, -0.2) is 8.42 Å². The number of aryl methyl sites for hydroxylation is 1. The third-order valence-electron chi connectivity index (χ3n) is 7.16. The van der Waals surface area contributed by atoms with Gasteiger partial charge >= 0.3 is 0 Å². The number of phenols is 1. The molecule has 0 fully saturated rings. The van der Waals surface area contributed by atoms with Gasteiger partial charge < -0.3 is 9.63 Å². The zero-order chi connectivity index (χ0) is 33.9. The molecule has 242 valence electrons. The number of fused-ring (bicyclic) bond motifs is 1. The van der Waals surface area contributed by atoms with Gasteiger partial charge in [0.05, 0.1) is 4.90 Å². The molecular formula is C35H52N4O4S. The first-order chi connectivity index (χ1) is 19.9. The molecule has 0 radical (unpaired) electrons. The van der Waals surface area contributed by atoms with Gasteiger partial charge in [-0.3, -0.25) is 5.84 Å². The lowest BCUT2D eigenvalue weighted by Crippen LogP contribution is -2.30. The number of nitrogens with one attached hydrogen (secondary N) is 1. The van der Waals surface area contributed by atoms with Crippen molar-refractivity contribution in [1.29, 1.82) is 0 Å². The van der Waals surface area contributed by atoms with Crippen molar-refractivity contribution in [2.45, 2.75) is 117 Å². The van der Waals surface area contributed by atoms with Crippen LogP contribution in [0.15, 0.2) is 64.0 Å². The Kier molecular flexibility index (Phi) is 11.2. The van der Waals surface area contributed by atoms with Gasteiger partial charge in [-0.05, 0) is 75.6 Å². The standard InChI is InChI=1S/C14H20N2O.C14H22O.C7H10N2O2S/c1-13(2,3)9-7-10(14(4,5)6)12-11(8-9)15-16-17-12;1-13(2,3)10-7-11(14(4,5)6)9-12(15)8-10;1-6-2-4-7(5-3-6)12(10,11)9-8/h7-8H,1-6H3;7-9,15H,1-6H3;2-5,9H,8H2,1H3. The minimum Gasteiger partial charge on any atom is -0.508 e. The van der Waals surface area contributed by atoms with Crippen LogP contribution in [-0.4, -0.2) is 23.9 Å². The van der Waals surface area contributed by atoms with E-state index in [1.807, 2.05) is 19.1 Å². The van der Waals surface area contributed by atoms with Gasteiger partial charge in [0.1, 0.15) is 11.3 Å². The van der Waals surface area contributed by atoms with E-state index in [1.165, 1.54) is 34.4 Å². The van der Waals surface area contributed by atoms with E-state index < -0.39 is 10.0 Å². The monoisotopic (exact) mass is 624 g/mol. The normalized spacial score (nSPS) is 12.7. The van der Waals surface area contributed by atoms with Gasteiger partial charge in [-0.15, -0.1) is 5.10 Å². The molecule has 0 bridgehead atoms. The van der Waals surface area contributed by atoms with Crippen LogP contribution >= 0.6 is 0 Å². The highest BCUT2D eigenvalue weighted by atomic mass is 32.2. The van der Waals surface area contributed by atoms with Gasteiger partial charge in [-0.2, -0.15) is 4.83 Å². The molecule has 0 saturated carbocycles. The van der Waals surface area contributed by atoms with Crippen LogP contribution in [0.25, 0.3) is 11.1 Å². The van der Waals surface area contributed by atoms with E-state index in [2.05, 4.69) is 112 Å². The minimum absolute atomic E-state index is 0.0285. The predicted octanol–water partition coefficient (Wildman–Crippen LogP) is 7.95. The van der Waals surface area contributed by atoms with E-state index in [0.717, 1.165) is 16.7 Å². The summed E-state index contributed by atoms with van der Waals surface area (Å²) >= 11 is 0. The lowest BCUT2D eigenvalue weighted by molar-refractivity contribution is 0.416. The fourth-order valence-corrected chi connectivity index (χ4v) is 4.77. The van der Waals surface area contributed by atoms with Crippen molar-refractivity contribution in [3.8, 4) is 5.75 Å². The van der Waals surface area contributed by atoms with Crippen molar-refractivity contribution in [2.75, 3.05) is 0 Å². The summed E-state index contributed by atoms with van der Waals surface area (Å²) in [7, 11) is -3.49. The lowest BCUT2D eigenvalue weighted by atomic mass is 9.80. The molecule has 9 heteroatoms. The Morgan fingerprint density at radius 2 is 1.16 bits per heavy atom. The van der Waals surface area contributed by atoms with Crippen molar-refractivity contribution in [3.05, 3.63) is 82.4 Å². The molecule has 0 atom stereocenters. The Morgan fingerprint density at radius 1 is 0.705 bits per heavy atom. The smallest absolute Gasteiger partial charge is 0.253 e. The molecule has 0 aliphatic heterocycles. The molecule has 3 aromatic carbocycles. The van der Waals surface area contributed by atoms with Crippen LogP contribution in [0.3, 0.4) is 0 Å². The number of aromatic nitrogens is 2. The number of nitrogens with zero attached hydrogens (tertiary/aromatic N) is 2. The average Bonchev–Trinajstić information content (AvgIpc) is 3.35. The van der Waals surface area contributed by atoms with Gasteiger partial charge in [-0.1, -0.05) is 113 Å². The first kappa shape index (κ1) is 36.9. The quantitative estimate of drug-likeness (QED) is 0.152. The lowest BCUT2D eigenvalue weighted by Gasteiger charge is -2.25. The zero-order valence-corrected chi connectivity index (χ0v) is 29.6. The summed E-state index contributed by atoms with van der Waals surface area (Å²) in [4.78, 5) is 1.93. The molecule has 0 aliphatic carbocycles. The first-order valence-electron chi connectivity index (χ1n) is 14.8. The summed E-state index contributed by atoms with van der Waals surface area (Å²) in [5.74, 6) is 5.21. The second kappa shape index (κ2) is 13.4. The molecule has 0 aliphatic rings. The SMILES string of the molecule is CC(C)(C)c1cc(C(C)(C)C)c2onnc2c1.CC(C)(C)c1cc(O)cc(C(C)(C)C)c1.Cc1ccc(S(=O)(=O)NN)cc1. The Bertz CT molecular complexity index is 1610. The van der Waals surface area contributed by atoms with Crippen molar-refractivity contribution < 1.29 is 18.0 Å². The van der Waals surface area contributed by atoms with Crippen LogP contribution in [0.1, 0.15) is 111 Å². The molecule has 4 N–H and O–H groups in total. The van der Waals surface area contributed by atoms with E-state index in [9.17, 15) is 13.5 Å². The second-order valence-electron chi connectivity index (χ2n) is 15.3. The highest BCUT2D eigenvalue weighted by molar-refractivity contribution is 7.89. The van der Waals surface area contributed by atoms with Crippen LogP contribution in [0.2, 0.25) is 0 Å². The third-order valence-corrected chi connectivity index (χ3v) is 8.36. The van der Waals surface area contributed by atoms with E-state index in [-0.39, 0.29) is 26.6 Å². The van der Waals surface area contributed by atoms with Crippen molar-refractivity contribution in [3.63, 3.8) is 0 Å². The molecule has 0 unspecified atom stereocenters. The maximum Gasteiger partial charge on any atom is 0.253 e. The van der Waals surface area contributed by atoms with E-state index in [1.54, 1.807) is 17.0 Å². The molecule has 4 aromatic rings. The fourth-order valence-electron chi connectivity index (χ4n) is 4.14. The number of rotatable bonds is 2. The topological polar surface area (TPSA) is 131 Å². The summed E-state index contributed by atoms with van der Waals surface area (Å²) in [5, 5.41) is 17.4. The number of phenolic OH excluding ortho intramolecular Hbond substituents is 1. The molecule has 0 amide bonds. The summed E-state index contributed by atoms with van der Waals surface area (Å²) in [5.41, 5.74) is 7.78. The van der Waals surface area contributed by atoms with Gasteiger partial charge in [0.2, 0.25) is 0 Å². The minimum atomic E-state index is -3.49. The molecular weight excluding hydrogens is 572 g/mol. The van der Waals surface area contributed by atoms with Gasteiger partial charge in [0.25, 0.3) is 10.0 Å². The highest BCUT2D eigenvalue weighted by Gasteiger charge is 2.25. The average molecular weight is 625 g/mol. The number of aromatic hydroxyl groups is 1. The molecule has 4 rings (SSSR count). The molecule has 0 saturated heterocycles. The van der Waals surface area contributed by atoms with Gasteiger partial charge in [0, 0.05) is 10.8 Å². The summed E-state index contributed by atoms with van der Waals surface area (Å²) in [6, 6.07) is 16.6. The molecule has 1 heterocycles. The van der Waals surface area contributed by atoms with E-state index >= 15 is 0 Å². The Balaban J connectivity index is 0.000000234. The summed E-state index contributed by atoms with van der Waals surface area (Å²) in [6.07, 6.45) is 0. The Morgan fingerprint density at radius 3 is 1.57 bits per heavy atom. The number of sulfonamides is 1. The van der Waals surface area contributed by atoms with E-state index in [0.29, 0.717) is 5.75 Å². The number of benzene rings is 3. The largest absolute Gasteiger partial charge is 0.508 e. The van der Waals surface area contributed by atoms with Crippen molar-refractivity contribution >= 4 is 21.1 Å². The highest BCUT2D eigenvalue weighted by Crippen LogP contribution is 2.34. The molecule has 8 nitrogen and oxygen atoms in total. The summed E-state index contributed by atoms with van der Waals surface area (Å²) < 4.78 is 27.4. The maximum absolute atomic E-state index is 11.1. The third kappa shape index (κ3) is 10.1. The summed E-state index contributed by atoms with van der Waals surface area (Å²) in [6.45, 7) is 28.0. The van der Waals surface area contributed by atoms with Crippen LogP contribution in [0.5, 0.6) is 5.75 Å². The molecule has 1 aromatic heterocycles. The fraction of sp³-hybridized carbons (Fsp3) is 0.486. The van der Waals surface area contributed by atoms with Gasteiger partial charge in [0.15, 0.2) is 5.58 Å². The van der Waals surface area contributed by atoms with Crippen molar-refractivity contribution in [1.82, 2.24) is 15.2 Å². The van der Waals surface area contributed by atoms with E-state index in [4.69, 9.17) is 10.4 Å². The van der Waals surface area contributed by atoms with Crippen LogP contribution < -0.4 is 10.7 Å². The number of hydrazine groups is 1. The Hall–Kier alpha value is -3.27. The molecule has 44 heavy (non-hydrogen) atoms. The second-order valence-corrected chi connectivity index (χ2v) is 17.1. The van der Waals surface area contributed by atoms with Crippen LogP contribution in [0.4, 0.5) is 0 Å². The predicted molar refractivity (Wildman–Crippen MR) is 180 cm³/mol. The van der Waals surface area contributed by atoms with Crippen LogP contribution in [-0.2, 0) is 31.7 Å². The molecule has 0 spiro atoms. The Labute approximate surface area is 264 Å².